The van der Waals surface area contributed by atoms with Crippen LogP contribution in [0.4, 0.5) is 5.69 Å². The van der Waals surface area contributed by atoms with Gasteiger partial charge in [0.15, 0.2) is 0 Å². The van der Waals surface area contributed by atoms with E-state index in [0.29, 0.717) is 33.5 Å². The number of methoxy groups -OCH3 is 3. The molecule has 0 spiro atoms. The van der Waals surface area contributed by atoms with E-state index in [-0.39, 0.29) is 23.0 Å². The summed E-state index contributed by atoms with van der Waals surface area (Å²) in [5.41, 5.74) is 0.909. The van der Waals surface area contributed by atoms with Crippen molar-refractivity contribution in [2.75, 3.05) is 39.0 Å². The quantitative estimate of drug-likeness (QED) is 0.328. The summed E-state index contributed by atoms with van der Waals surface area (Å²) in [4.78, 5) is 38.8. The number of carbonyl (C=O) groups is 3. The summed E-state index contributed by atoms with van der Waals surface area (Å²) in [5.74, 6) is -3.25. The SMILES string of the molecule is CCOC(=O)C1C(=O)NC(SCC(=O)Nc2cc(OC)c(Cl)cc2OC)=C(C#N)C1c1ccccc1OC. The number of rotatable bonds is 10. The number of benzene rings is 2. The lowest BCUT2D eigenvalue weighted by Crippen LogP contribution is -2.44. The van der Waals surface area contributed by atoms with Crippen molar-refractivity contribution in [1.82, 2.24) is 5.32 Å². The average molecular weight is 560 g/mol. The van der Waals surface area contributed by atoms with Crippen LogP contribution in [0.25, 0.3) is 0 Å². The molecule has 0 aromatic heterocycles. The van der Waals surface area contributed by atoms with E-state index < -0.39 is 29.6 Å². The van der Waals surface area contributed by atoms with Gasteiger partial charge in [-0.25, -0.2) is 0 Å². The zero-order valence-electron chi connectivity index (χ0n) is 21.1. The summed E-state index contributed by atoms with van der Waals surface area (Å²) in [6.45, 7) is 1.69. The highest BCUT2D eigenvalue weighted by molar-refractivity contribution is 8.03. The van der Waals surface area contributed by atoms with Gasteiger partial charge in [-0.05, 0) is 13.0 Å². The molecule has 2 N–H and O–H groups in total. The average Bonchev–Trinajstić information content (AvgIpc) is 2.92. The number of carbonyl (C=O) groups excluding carboxylic acids is 3. The molecule has 1 aliphatic rings. The van der Waals surface area contributed by atoms with Gasteiger partial charge in [-0.1, -0.05) is 41.6 Å². The van der Waals surface area contributed by atoms with Crippen molar-refractivity contribution in [1.29, 1.82) is 5.26 Å². The van der Waals surface area contributed by atoms with Crippen molar-refractivity contribution >= 4 is 46.8 Å². The van der Waals surface area contributed by atoms with E-state index in [1.807, 2.05) is 0 Å². The van der Waals surface area contributed by atoms with E-state index >= 15 is 0 Å². The van der Waals surface area contributed by atoms with Crippen LogP contribution in [-0.4, -0.2) is 51.5 Å². The highest BCUT2D eigenvalue weighted by Crippen LogP contribution is 2.43. The van der Waals surface area contributed by atoms with Crippen LogP contribution in [0.15, 0.2) is 47.0 Å². The molecule has 10 nitrogen and oxygen atoms in total. The number of thioether (sulfide) groups is 1. The molecule has 0 fully saturated rings. The molecule has 2 aromatic rings. The van der Waals surface area contributed by atoms with Gasteiger partial charge in [-0.2, -0.15) is 5.26 Å². The third-order valence-corrected chi connectivity index (χ3v) is 6.95. The standard InChI is InChI=1S/C26H26ClN3O7S/c1-5-37-26(33)23-22(14-8-6-7-9-18(14)34-2)15(12-28)25(30-24(23)32)38-13-21(31)29-17-11-19(35-3)16(27)10-20(17)36-4/h6-11,22-23H,5,13H2,1-4H3,(H,29,31)(H,30,32). The molecule has 0 radical (unpaired) electrons. The van der Waals surface area contributed by atoms with E-state index in [1.165, 1.54) is 33.5 Å². The predicted molar refractivity (Wildman–Crippen MR) is 142 cm³/mol. The first-order valence-corrected chi connectivity index (χ1v) is 12.7. The summed E-state index contributed by atoms with van der Waals surface area (Å²) in [6.07, 6.45) is 0. The number of anilines is 1. The van der Waals surface area contributed by atoms with Crippen molar-refractivity contribution in [3.63, 3.8) is 0 Å². The number of amides is 2. The number of nitriles is 1. The Hall–Kier alpha value is -3.88. The van der Waals surface area contributed by atoms with Crippen LogP contribution < -0.4 is 24.8 Å². The van der Waals surface area contributed by atoms with Gasteiger partial charge in [0.1, 0.15) is 23.2 Å². The van der Waals surface area contributed by atoms with Gasteiger partial charge in [-0.15, -0.1) is 0 Å². The first-order valence-electron chi connectivity index (χ1n) is 11.4. The molecule has 0 bridgehead atoms. The normalized spacial score (nSPS) is 16.7. The van der Waals surface area contributed by atoms with Crippen LogP contribution >= 0.6 is 23.4 Å². The lowest BCUT2D eigenvalue weighted by atomic mass is 9.78. The van der Waals surface area contributed by atoms with Gasteiger partial charge < -0.3 is 29.6 Å². The minimum Gasteiger partial charge on any atom is -0.496 e. The van der Waals surface area contributed by atoms with Crippen LogP contribution in [-0.2, 0) is 19.1 Å². The Morgan fingerprint density at radius 3 is 2.42 bits per heavy atom. The maximum absolute atomic E-state index is 13.1. The van der Waals surface area contributed by atoms with E-state index in [0.717, 1.165) is 11.8 Å². The molecule has 3 rings (SSSR count). The molecular weight excluding hydrogens is 534 g/mol. The summed E-state index contributed by atoms with van der Waals surface area (Å²) in [5, 5.41) is 15.9. The molecule has 12 heteroatoms. The van der Waals surface area contributed by atoms with Crippen molar-refractivity contribution in [3.8, 4) is 23.3 Å². The van der Waals surface area contributed by atoms with E-state index in [1.54, 1.807) is 31.2 Å². The Balaban J connectivity index is 1.94. The number of para-hydroxylation sites is 1. The van der Waals surface area contributed by atoms with Crippen LogP contribution in [0.3, 0.4) is 0 Å². The zero-order chi connectivity index (χ0) is 27.8. The lowest BCUT2D eigenvalue weighted by Gasteiger charge is -2.31. The van der Waals surface area contributed by atoms with Crippen molar-refractivity contribution < 1.29 is 33.3 Å². The highest BCUT2D eigenvalue weighted by atomic mass is 35.5. The molecule has 2 atom stereocenters. The first-order chi connectivity index (χ1) is 18.3. The Bertz CT molecular complexity index is 1310. The van der Waals surface area contributed by atoms with Crippen LogP contribution in [0.1, 0.15) is 18.4 Å². The topological polar surface area (TPSA) is 136 Å². The van der Waals surface area contributed by atoms with Crippen LogP contribution in [0.5, 0.6) is 17.2 Å². The van der Waals surface area contributed by atoms with Gasteiger partial charge in [-0.3, -0.25) is 14.4 Å². The van der Waals surface area contributed by atoms with Gasteiger partial charge in [0.25, 0.3) is 0 Å². The third-order valence-electron chi connectivity index (χ3n) is 5.64. The molecule has 2 amide bonds. The maximum atomic E-state index is 13.1. The third kappa shape index (κ3) is 6.15. The van der Waals surface area contributed by atoms with Crippen LogP contribution in [0, 0.1) is 17.2 Å². The molecule has 0 saturated heterocycles. The van der Waals surface area contributed by atoms with E-state index in [9.17, 15) is 19.6 Å². The number of nitrogens with one attached hydrogen (secondary N) is 2. The number of esters is 1. The molecule has 1 aliphatic heterocycles. The fourth-order valence-electron chi connectivity index (χ4n) is 3.97. The number of halogens is 1. The molecule has 38 heavy (non-hydrogen) atoms. The number of nitrogens with zero attached hydrogens (tertiary/aromatic N) is 1. The highest BCUT2D eigenvalue weighted by Gasteiger charge is 2.45. The Morgan fingerprint density at radius 1 is 1.11 bits per heavy atom. The van der Waals surface area contributed by atoms with Gasteiger partial charge in [0.2, 0.25) is 11.8 Å². The fourth-order valence-corrected chi connectivity index (χ4v) is 5.05. The minimum absolute atomic E-state index is 0.0631. The second-order valence-corrected chi connectivity index (χ2v) is 9.21. The van der Waals surface area contributed by atoms with Gasteiger partial charge in [0.05, 0.1) is 61.1 Å². The molecule has 2 unspecified atom stereocenters. The number of hydrogen-bond acceptors (Lipinski definition) is 9. The van der Waals surface area contributed by atoms with E-state index in [4.69, 9.17) is 30.5 Å². The maximum Gasteiger partial charge on any atom is 0.319 e. The molecular formula is C26H26ClN3O7S. The predicted octanol–water partition coefficient (Wildman–Crippen LogP) is 3.87. The Labute approximate surface area is 229 Å². The molecule has 1 heterocycles. The van der Waals surface area contributed by atoms with Gasteiger partial charge in [0, 0.05) is 23.6 Å². The first kappa shape index (κ1) is 28.7. The van der Waals surface area contributed by atoms with Gasteiger partial charge >= 0.3 is 5.97 Å². The summed E-state index contributed by atoms with van der Waals surface area (Å²) in [6, 6.07) is 12.0. The smallest absolute Gasteiger partial charge is 0.319 e. The summed E-state index contributed by atoms with van der Waals surface area (Å²) in [7, 11) is 4.33. The fraction of sp³-hybridized carbons (Fsp3) is 0.308. The lowest BCUT2D eigenvalue weighted by molar-refractivity contribution is -0.152. The molecule has 200 valence electrons. The number of allylic oxidation sites excluding steroid dienone is 1. The van der Waals surface area contributed by atoms with Crippen molar-refractivity contribution in [2.45, 2.75) is 12.8 Å². The zero-order valence-corrected chi connectivity index (χ0v) is 22.7. The van der Waals surface area contributed by atoms with Crippen molar-refractivity contribution in [2.24, 2.45) is 5.92 Å². The van der Waals surface area contributed by atoms with E-state index in [2.05, 4.69) is 16.7 Å². The summed E-state index contributed by atoms with van der Waals surface area (Å²) >= 11 is 7.07. The Kier molecular flexibility index (Phi) is 9.87. The molecule has 0 saturated carbocycles. The monoisotopic (exact) mass is 559 g/mol. The Morgan fingerprint density at radius 2 is 1.79 bits per heavy atom. The molecule has 0 aliphatic carbocycles. The number of ether oxygens (including phenoxy) is 4. The van der Waals surface area contributed by atoms with Crippen molar-refractivity contribution in [3.05, 3.63) is 57.6 Å². The number of hydrogen-bond donors (Lipinski definition) is 2. The van der Waals surface area contributed by atoms with Crippen LogP contribution in [0.2, 0.25) is 5.02 Å². The largest absolute Gasteiger partial charge is 0.496 e. The minimum atomic E-state index is -1.31. The second kappa shape index (κ2) is 13.1. The molecule has 2 aromatic carbocycles. The second-order valence-electron chi connectivity index (χ2n) is 7.82. The summed E-state index contributed by atoms with van der Waals surface area (Å²) < 4.78 is 21.1.